The molecule has 1 aromatic heterocycles. The van der Waals surface area contributed by atoms with E-state index in [0.717, 1.165) is 16.7 Å². The summed E-state index contributed by atoms with van der Waals surface area (Å²) in [5, 5.41) is 18.9. The Hall–Kier alpha value is -3.68. The van der Waals surface area contributed by atoms with E-state index in [1.165, 1.54) is 18.4 Å². The van der Waals surface area contributed by atoms with Gasteiger partial charge >= 0.3 is 5.97 Å². The first-order chi connectivity index (χ1) is 15.6. The second kappa shape index (κ2) is 10.8. The fourth-order valence-electron chi connectivity index (χ4n) is 3.67. The van der Waals surface area contributed by atoms with Crippen LogP contribution in [0.4, 0.5) is 5.13 Å². The average Bonchev–Trinajstić information content (AvgIpc) is 3.30. The van der Waals surface area contributed by atoms with Crippen molar-refractivity contribution in [2.45, 2.75) is 5.54 Å². The quantitative estimate of drug-likeness (QED) is 0.201. The third-order valence-electron chi connectivity index (χ3n) is 5.05. The Labute approximate surface area is 202 Å². The first-order valence-electron chi connectivity index (χ1n) is 9.90. The van der Waals surface area contributed by atoms with Crippen molar-refractivity contribution in [3.05, 3.63) is 119 Å². The maximum Gasteiger partial charge on any atom is 0.360 e. The molecular formula is C25H22ClN3O3S. The molecule has 3 aromatic carbocycles. The second-order valence-electron chi connectivity index (χ2n) is 6.94. The van der Waals surface area contributed by atoms with Crippen LogP contribution in [0.5, 0.6) is 0 Å². The number of oxime groups is 1. The lowest BCUT2D eigenvalue weighted by Gasteiger charge is -2.36. The van der Waals surface area contributed by atoms with Gasteiger partial charge in [0.1, 0.15) is 18.3 Å². The highest BCUT2D eigenvalue weighted by Crippen LogP contribution is 2.40. The first-order valence-corrected chi connectivity index (χ1v) is 10.8. The number of anilines is 1. The molecule has 2 N–H and O–H groups in total. The van der Waals surface area contributed by atoms with Crippen LogP contribution in [0, 0.1) is 0 Å². The van der Waals surface area contributed by atoms with E-state index >= 15 is 0 Å². The minimum atomic E-state index is -1.20. The number of carboxylic acids is 1. The first kappa shape index (κ1) is 24.0. The van der Waals surface area contributed by atoms with E-state index in [1.807, 2.05) is 54.6 Å². The molecule has 0 aliphatic rings. The van der Waals surface area contributed by atoms with Crippen LogP contribution in [0.25, 0.3) is 0 Å². The lowest BCUT2D eigenvalue weighted by molar-refractivity contribution is -0.129. The van der Waals surface area contributed by atoms with Gasteiger partial charge in [0.15, 0.2) is 5.13 Å². The SMILES string of the molecule is CO/N=C(\C(=O)O)c1csc(NC(c2ccccc2)(c2ccccc2)c2ccccc2)n1.Cl. The molecular weight excluding hydrogens is 458 g/mol. The van der Waals surface area contributed by atoms with E-state index in [2.05, 4.69) is 56.7 Å². The molecule has 4 aromatic rings. The summed E-state index contributed by atoms with van der Waals surface area (Å²) in [6, 6.07) is 30.3. The molecule has 0 amide bonds. The minimum Gasteiger partial charge on any atom is -0.476 e. The highest BCUT2D eigenvalue weighted by atomic mass is 35.5. The Morgan fingerprint density at radius 1 is 0.909 bits per heavy atom. The summed E-state index contributed by atoms with van der Waals surface area (Å²) in [6.07, 6.45) is 0. The number of rotatable bonds is 8. The van der Waals surface area contributed by atoms with Crippen molar-refractivity contribution in [1.29, 1.82) is 0 Å². The molecule has 0 radical (unpaired) electrons. The molecule has 0 saturated carbocycles. The number of nitrogens with one attached hydrogen (secondary N) is 1. The van der Waals surface area contributed by atoms with E-state index in [0.29, 0.717) is 5.13 Å². The van der Waals surface area contributed by atoms with Gasteiger partial charge in [-0.3, -0.25) is 0 Å². The zero-order chi connectivity index (χ0) is 22.4. The van der Waals surface area contributed by atoms with E-state index < -0.39 is 11.5 Å². The van der Waals surface area contributed by atoms with Crippen molar-refractivity contribution in [2.75, 3.05) is 12.4 Å². The summed E-state index contributed by atoms with van der Waals surface area (Å²) in [7, 11) is 1.31. The number of thiazole rings is 1. The molecule has 0 spiro atoms. The van der Waals surface area contributed by atoms with E-state index in [1.54, 1.807) is 5.38 Å². The molecule has 0 saturated heterocycles. The smallest absolute Gasteiger partial charge is 0.360 e. The van der Waals surface area contributed by atoms with Crippen LogP contribution in [0.15, 0.2) is 102 Å². The third kappa shape index (κ3) is 4.89. The number of hydrogen-bond acceptors (Lipinski definition) is 6. The Morgan fingerprint density at radius 3 is 1.76 bits per heavy atom. The normalized spacial score (nSPS) is 11.4. The highest BCUT2D eigenvalue weighted by molar-refractivity contribution is 7.14. The number of aromatic nitrogens is 1. The number of aliphatic carboxylic acids is 1. The molecule has 4 rings (SSSR count). The number of halogens is 1. The topological polar surface area (TPSA) is 83.8 Å². The van der Waals surface area contributed by atoms with Crippen molar-refractivity contribution in [3.8, 4) is 0 Å². The molecule has 1 heterocycles. The fourth-order valence-corrected chi connectivity index (χ4v) is 4.42. The van der Waals surface area contributed by atoms with Crippen molar-refractivity contribution in [3.63, 3.8) is 0 Å². The van der Waals surface area contributed by atoms with Gasteiger partial charge in [0.2, 0.25) is 5.71 Å². The monoisotopic (exact) mass is 479 g/mol. The van der Waals surface area contributed by atoms with Crippen LogP contribution >= 0.6 is 23.7 Å². The average molecular weight is 480 g/mol. The number of carboxylic acid groups (broad SMARTS) is 1. The van der Waals surface area contributed by atoms with Gasteiger partial charge in [0.25, 0.3) is 0 Å². The van der Waals surface area contributed by atoms with Gasteiger partial charge in [0.05, 0.1) is 0 Å². The summed E-state index contributed by atoms with van der Waals surface area (Å²) in [4.78, 5) is 20.8. The summed E-state index contributed by atoms with van der Waals surface area (Å²) in [5.41, 5.74) is 2.31. The van der Waals surface area contributed by atoms with Crippen molar-refractivity contribution in [2.24, 2.45) is 5.16 Å². The molecule has 0 aliphatic carbocycles. The molecule has 6 nitrogen and oxygen atoms in total. The zero-order valence-electron chi connectivity index (χ0n) is 17.7. The van der Waals surface area contributed by atoms with E-state index in [9.17, 15) is 9.90 Å². The van der Waals surface area contributed by atoms with Crippen molar-refractivity contribution >= 4 is 40.6 Å². The van der Waals surface area contributed by atoms with Gasteiger partial charge in [-0.05, 0) is 16.7 Å². The molecule has 168 valence electrons. The van der Waals surface area contributed by atoms with Crippen LogP contribution in [0.1, 0.15) is 22.4 Å². The Kier molecular flexibility index (Phi) is 7.82. The van der Waals surface area contributed by atoms with Gasteiger partial charge in [-0.15, -0.1) is 23.7 Å². The molecule has 0 unspecified atom stereocenters. The lowest BCUT2D eigenvalue weighted by atomic mass is 9.77. The van der Waals surface area contributed by atoms with Crippen LogP contribution in [-0.4, -0.2) is 28.9 Å². The molecule has 0 fully saturated rings. The predicted molar refractivity (Wildman–Crippen MR) is 133 cm³/mol. The van der Waals surface area contributed by atoms with Gasteiger partial charge in [-0.1, -0.05) is 96.2 Å². The van der Waals surface area contributed by atoms with Gasteiger partial charge in [0, 0.05) is 5.38 Å². The van der Waals surface area contributed by atoms with Gasteiger partial charge < -0.3 is 15.3 Å². The summed E-state index contributed by atoms with van der Waals surface area (Å²) < 4.78 is 0. The van der Waals surface area contributed by atoms with E-state index in [-0.39, 0.29) is 23.8 Å². The highest BCUT2D eigenvalue weighted by Gasteiger charge is 2.37. The van der Waals surface area contributed by atoms with Crippen molar-refractivity contribution < 1.29 is 14.7 Å². The maximum atomic E-state index is 11.6. The Morgan fingerprint density at radius 2 is 1.36 bits per heavy atom. The number of carbonyl (C=O) groups is 1. The van der Waals surface area contributed by atoms with Crippen LogP contribution in [-0.2, 0) is 15.2 Å². The predicted octanol–water partition coefficient (Wildman–Crippen LogP) is 5.40. The summed E-state index contributed by atoms with van der Waals surface area (Å²) in [5.74, 6) is -1.20. The molecule has 0 atom stereocenters. The van der Waals surface area contributed by atoms with Crippen LogP contribution in [0.2, 0.25) is 0 Å². The summed E-state index contributed by atoms with van der Waals surface area (Å²) in [6.45, 7) is 0. The van der Waals surface area contributed by atoms with E-state index in [4.69, 9.17) is 0 Å². The van der Waals surface area contributed by atoms with Crippen molar-refractivity contribution in [1.82, 2.24) is 4.98 Å². The number of hydrogen-bond donors (Lipinski definition) is 2. The van der Waals surface area contributed by atoms with Gasteiger partial charge in [-0.25, -0.2) is 9.78 Å². The molecule has 0 aliphatic heterocycles. The standard InChI is InChI=1S/C25H21N3O3S.ClH/c1-31-28-22(23(29)30)21-17-32-24(26-21)27-25(18-11-5-2-6-12-18,19-13-7-3-8-14-19)20-15-9-4-10-16-20;/h2-17H,1H3,(H,26,27)(H,29,30);1H/b28-22-;. The minimum absolute atomic E-state index is 0. The zero-order valence-corrected chi connectivity index (χ0v) is 19.3. The van der Waals surface area contributed by atoms with Crippen LogP contribution in [0.3, 0.4) is 0 Å². The fraction of sp³-hybridized carbons (Fsp3) is 0.0800. The molecule has 8 heteroatoms. The number of benzene rings is 3. The van der Waals surface area contributed by atoms with Crippen LogP contribution < -0.4 is 5.32 Å². The molecule has 33 heavy (non-hydrogen) atoms. The Balaban J connectivity index is 0.00000306. The third-order valence-corrected chi connectivity index (χ3v) is 5.80. The lowest BCUT2D eigenvalue weighted by Crippen LogP contribution is -2.38. The number of nitrogens with zero attached hydrogens (tertiary/aromatic N) is 2. The summed E-state index contributed by atoms with van der Waals surface area (Å²) >= 11 is 1.31. The maximum absolute atomic E-state index is 11.6. The second-order valence-corrected chi connectivity index (χ2v) is 7.80. The molecule has 0 bridgehead atoms. The van der Waals surface area contributed by atoms with Gasteiger partial charge in [-0.2, -0.15) is 0 Å². The largest absolute Gasteiger partial charge is 0.476 e. The Bertz CT molecular complexity index is 1120.